The first kappa shape index (κ1) is 28.7. The van der Waals surface area contributed by atoms with Gasteiger partial charge in [-0.1, -0.05) is 18.2 Å². The van der Waals surface area contributed by atoms with Crippen molar-refractivity contribution in [2.45, 2.75) is 43.8 Å². The number of amides is 4. The molecular weight excluding hydrogens is 488 g/mol. The SMILES string of the molecule is CSCCC(NC(=O)C(CCC(N)=O)NC(=O)C(N)Cc1c[nH]c2ccccc12)C(=O)NCC(=O)O. The van der Waals surface area contributed by atoms with E-state index in [2.05, 4.69) is 20.9 Å². The Bertz CT molecular complexity index is 1090. The fourth-order valence-corrected chi connectivity index (χ4v) is 4.00. The van der Waals surface area contributed by atoms with Gasteiger partial charge in [0.1, 0.15) is 18.6 Å². The number of H-pyrrole nitrogens is 1. The van der Waals surface area contributed by atoms with Gasteiger partial charge in [-0.25, -0.2) is 0 Å². The zero-order valence-electron chi connectivity index (χ0n) is 19.9. The molecule has 1 aromatic heterocycles. The number of rotatable bonds is 15. The number of carbonyl (C=O) groups is 5. The van der Waals surface area contributed by atoms with Gasteiger partial charge in [0.05, 0.1) is 6.04 Å². The Balaban J connectivity index is 2.09. The number of fused-ring (bicyclic) bond motifs is 1. The van der Waals surface area contributed by atoms with E-state index in [1.807, 2.05) is 30.5 Å². The predicted octanol–water partition coefficient (Wildman–Crippen LogP) is -0.773. The Kier molecular flexibility index (Phi) is 11.2. The van der Waals surface area contributed by atoms with Crippen LogP contribution in [0.3, 0.4) is 0 Å². The van der Waals surface area contributed by atoms with E-state index in [0.29, 0.717) is 5.75 Å². The van der Waals surface area contributed by atoms with Gasteiger partial charge in [0.25, 0.3) is 0 Å². The maximum Gasteiger partial charge on any atom is 0.322 e. The van der Waals surface area contributed by atoms with Gasteiger partial charge >= 0.3 is 5.97 Å². The van der Waals surface area contributed by atoms with E-state index in [9.17, 15) is 24.0 Å². The van der Waals surface area contributed by atoms with Crippen molar-refractivity contribution < 1.29 is 29.1 Å². The number of carboxylic acids is 1. The number of benzene rings is 1. The molecule has 13 heteroatoms. The highest BCUT2D eigenvalue weighted by molar-refractivity contribution is 7.98. The molecule has 0 aliphatic carbocycles. The quantitative estimate of drug-likeness (QED) is 0.158. The van der Waals surface area contributed by atoms with Gasteiger partial charge in [-0.3, -0.25) is 24.0 Å². The first-order valence-corrected chi connectivity index (χ1v) is 12.7. The van der Waals surface area contributed by atoms with Crippen molar-refractivity contribution >= 4 is 52.3 Å². The van der Waals surface area contributed by atoms with Crippen LogP contribution in [-0.4, -0.2) is 76.4 Å². The molecule has 196 valence electrons. The molecule has 0 aliphatic rings. The van der Waals surface area contributed by atoms with Gasteiger partial charge in [0, 0.05) is 23.5 Å². The summed E-state index contributed by atoms with van der Waals surface area (Å²) in [6, 6.07) is 4.36. The number of aromatic amines is 1. The number of hydrogen-bond donors (Lipinski definition) is 7. The molecule has 9 N–H and O–H groups in total. The molecule has 0 radical (unpaired) electrons. The molecule has 12 nitrogen and oxygen atoms in total. The first-order valence-electron chi connectivity index (χ1n) is 11.3. The lowest BCUT2D eigenvalue weighted by Gasteiger charge is -2.24. The molecule has 2 rings (SSSR count). The fourth-order valence-electron chi connectivity index (χ4n) is 3.53. The van der Waals surface area contributed by atoms with Gasteiger partial charge in [-0.05, 0) is 42.9 Å². The van der Waals surface area contributed by atoms with Crippen LogP contribution in [0.15, 0.2) is 30.5 Å². The Morgan fingerprint density at radius 3 is 2.36 bits per heavy atom. The van der Waals surface area contributed by atoms with Crippen molar-refractivity contribution in [3.8, 4) is 0 Å². The molecule has 0 spiro atoms. The number of carboxylic acid groups (broad SMARTS) is 1. The highest BCUT2D eigenvalue weighted by Gasteiger charge is 2.28. The second-order valence-corrected chi connectivity index (χ2v) is 9.18. The largest absolute Gasteiger partial charge is 0.480 e. The van der Waals surface area contributed by atoms with Crippen molar-refractivity contribution in [1.29, 1.82) is 0 Å². The highest BCUT2D eigenvalue weighted by atomic mass is 32.2. The second kappa shape index (κ2) is 14.1. The lowest BCUT2D eigenvalue weighted by Crippen LogP contribution is -2.56. The van der Waals surface area contributed by atoms with Crippen LogP contribution < -0.4 is 27.4 Å². The van der Waals surface area contributed by atoms with Crippen LogP contribution >= 0.6 is 11.8 Å². The van der Waals surface area contributed by atoms with E-state index >= 15 is 0 Å². The lowest BCUT2D eigenvalue weighted by molar-refractivity contribution is -0.138. The lowest BCUT2D eigenvalue weighted by atomic mass is 10.0. The second-order valence-electron chi connectivity index (χ2n) is 8.19. The Morgan fingerprint density at radius 1 is 1.03 bits per heavy atom. The van der Waals surface area contributed by atoms with E-state index in [1.165, 1.54) is 11.8 Å². The van der Waals surface area contributed by atoms with Crippen molar-refractivity contribution in [2.75, 3.05) is 18.6 Å². The van der Waals surface area contributed by atoms with Crippen molar-refractivity contribution in [2.24, 2.45) is 11.5 Å². The van der Waals surface area contributed by atoms with Gasteiger partial charge < -0.3 is 37.5 Å². The summed E-state index contributed by atoms with van der Waals surface area (Å²) in [6.45, 7) is -0.602. The molecular formula is C23H32N6O6S. The third-order valence-corrected chi connectivity index (χ3v) is 6.07. The molecule has 1 aromatic carbocycles. The van der Waals surface area contributed by atoms with Crippen LogP contribution in [0.5, 0.6) is 0 Å². The minimum atomic E-state index is -1.23. The Labute approximate surface area is 212 Å². The number of aromatic nitrogens is 1. The van der Waals surface area contributed by atoms with Crippen LogP contribution in [0, 0.1) is 0 Å². The molecule has 2 aromatic rings. The molecule has 0 saturated heterocycles. The number of hydrogen-bond acceptors (Lipinski definition) is 7. The van der Waals surface area contributed by atoms with Crippen LogP contribution in [0.4, 0.5) is 0 Å². The van der Waals surface area contributed by atoms with Crippen molar-refractivity contribution in [3.05, 3.63) is 36.0 Å². The van der Waals surface area contributed by atoms with Gasteiger partial charge in [0.2, 0.25) is 23.6 Å². The maximum absolute atomic E-state index is 13.0. The maximum atomic E-state index is 13.0. The number of para-hydroxylation sites is 1. The number of aliphatic carboxylic acids is 1. The summed E-state index contributed by atoms with van der Waals surface area (Å²) in [5.74, 6) is -3.37. The van der Waals surface area contributed by atoms with Gasteiger partial charge in [-0.2, -0.15) is 11.8 Å². The zero-order valence-corrected chi connectivity index (χ0v) is 20.7. The summed E-state index contributed by atoms with van der Waals surface area (Å²) in [6.07, 6.45) is 3.73. The fraction of sp³-hybridized carbons (Fsp3) is 0.435. The molecule has 4 amide bonds. The molecule has 3 unspecified atom stereocenters. The van der Waals surface area contributed by atoms with Crippen LogP contribution in [0.25, 0.3) is 10.9 Å². The normalized spacial score (nSPS) is 13.4. The monoisotopic (exact) mass is 520 g/mol. The summed E-state index contributed by atoms with van der Waals surface area (Å²) in [5.41, 5.74) is 13.1. The standard InChI is InChI=1S/C23H32N6O6S/c1-36-9-8-18(22(34)27-12-20(31)32)29-23(35)17(6-7-19(25)30)28-21(33)15(24)10-13-11-26-16-5-3-2-4-14(13)16/h2-5,11,15,17-18,26H,6-10,12,24H2,1H3,(H2,25,30)(H,27,34)(H,28,33)(H,29,35)(H,31,32). The number of nitrogens with one attached hydrogen (secondary N) is 4. The summed E-state index contributed by atoms with van der Waals surface area (Å²) in [5, 5.41) is 17.1. The zero-order chi connectivity index (χ0) is 26.7. The van der Waals surface area contributed by atoms with Gasteiger partial charge in [0.15, 0.2) is 0 Å². The van der Waals surface area contributed by atoms with Crippen LogP contribution in [0.2, 0.25) is 0 Å². The topological polar surface area (TPSA) is 209 Å². The highest BCUT2D eigenvalue weighted by Crippen LogP contribution is 2.18. The molecule has 0 bridgehead atoms. The smallest absolute Gasteiger partial charge is 0.322 e. The Hall–Kier alpha value is -3.58. The van der Waals surface area contributed by atoms with E-state index in [1.54, 1.807) is 6.20 Å². The van der Waals surface area contributed by atoms with E-state index in [0.717, 1.165) is 16.5 Å². The summed E-state index contributed by atoms with van der Waals surface area (Å²) in [7, 11) is 0. The summed E-state index contributed by atoms with van der Waals surface area (Å²) >= 11 is 1.44. The first-order chi connectivity index (χ1) is 17.1. The minimum Gasteiger partial charge on any atom is -0.480 e. The molecule has 0 saturated carbocycles. The van der Waals surface area contributed by atoms with Crippen molar-refractivity contribution in [3.63, 3.8) is 0 Å². The Morgan fingerprint density at radius 2 is 1.69 bits per heavy atom. The number of carbonyl (C=O) groups excluding carboxylic acids is 4. The average molecular weight is 521 g/mol. The van der Waals surface area contributed by atoms with Crippen molar-refractivity contribution in [1.82, 2.24) is 20.9 Å². The third-order valence-electron chi connectivity index (χ3n) is 5.42. The van der Waals surface area contributed by atoms with Crippen LogP contribution in [-0.2, 0) is 30.4 Å². The summed E-state index contributed by atoms with van der Waals surface area (Å²) < 4.78 is 0. The minimum absolute atomic E-state index is 0.0985. The third kappa shape index (κ3) is 8.89. The van der Waals surface area contributed by atoms with Gasteiger partial charge in [-0.15, -0.1) is 0 Å². The number of thioether (sulfide) groups is 1. The summed E-state index contributed by atoms with van der Waals surface area (Å²) in [4.78, 5) is 63.5. The van der Waals surface area contributed by atoms with E-state index in [4.69, 9.17) is 16.6 Å². The molecule has 36 heavy (non-hydrogen) atoms. The molecule has 0 fully saturated rings. The van der Waals surface area contributed by atoms with Crippen LogP contribution in [0.1, 0.15) is 24.8 Å². The number of nitrogens with two attached hydrogens (primary N) is 2. The molecule has 0 aliphatic heterocycles. The number of primary amides is 1. The average Bonchev–Trinajstić information content (AvgIpc) is 3.24. The van der Waals surface area contributed by atoms with E-state index < -0.39 is 54.3 Å². The predicted molar refractivity (Wildman–Crippen MR) is 136 cm³/mol. The molecule has 1 heterocycles. The van der Waals surface area contributed by atoms with E-state index in [-0.39, 0.29) is 25.7 Å². The molecule has 3 atom stereocenters.